The van der Waals surface area contributed by atoms with Crippen molar-refractivity contribution in [2.45, 2.75) is 44.4 Å². The van der Waals surface area contributed by atoms with Gasteiger partial charge in [-0.3, -0.25) is 4.90 Å². The maximum absolute atomic E-state index is 6.01. The van der Waals surface area contributed by atoms with Crippen molar-refractivity contribution in [1.82, 2.24) is 4.90 Å². The summed E-state index contributed by atoms with van der Waals surface area (Å²) < 4.78 is 11.3. The van der Waals surface area contributed by atoms with Crippen LogP contribution in [0.5, 0.6) is 0 Å². The van der Waals surface area contributed by atoms with Crippen LogP contribution >= 0.6 is 0 Å². The second kappa shape index (κ2) is 5.00. The van der Waals surface area contributed by atoms with Crippen molar-refractivity contribution in [3.05, 3.63) is 0 Å². The maximum atomic E-state index is 6.01. The number of morpholine rings is 1. The largest absolute Gasteiger partial charge is 0.379 e. The van der Waals surface area contributed by atoms with Crippen molar-refractivity contribution >= 4 is 0 Å². The summed E-state index contributed by atoms with van der Waals surface area (Å²) in [6.45, 7) is 8.48. The minimum Gasteiger partial charge on any atom is -0.379 e. The third kappa shape index (κ3) is 2.25. The summed E-state index contributed by atoms with van der Waals surface area (Å²) in [4.78, 5) is 2.51. The van der Waals surface area contributed by atoms with Gasteiger partial charge in [0.1, 0.15) is 0 Å². The molecule has 0 aromatic carbocycles. The third-order valence-electron chi connectivity index (χ3n) is 3.90. The molecule has 0 spiro atoms. The molecule has 94 valence electrons. The predicted octanol–water partition coefficient (Wildman–Crippen LogP) is 0.604. The summed E-state index contributed by atoms with van der Waals surface area (Å²) in [5.74, 6) is 0. The van der Waals surface area contributed by atoms with Crippen LogP contribution in [0.3, 0.4) is 0 Å². The lowest BCUT2D eigenvalue weighted by molar-refractivity contribution is -0.128. The minimum absolute atomic E-state index is 0.0513. The Morgan fingerprint density at radius 1 is 1.44 bits per heavy atom. The zero-order chi connectivity index (χ0) is 11.6. The molecule has 0 saturated carbocycles. The molecular formula is C12H24N2O2. The van der Waals surface area contributed by atoms with E-state index in [1.807, 2.05) is 0 Å². The van der Waals surface area contributed by atoms with Crippen LogP contribution in [0.1, 0.15) is 26.7 Å². The van der Waals surface area contributed by atoms with Gasteiger partial charge in [0.05, 0.1) is 24.9 Å². The molecule has 0 radical (unpaired) electrons. The fourth-order valence-corrected chi connectivity index (χ4v) is 2.91. The van der Waals surface area contributed by atoms with Gasteiger partial charge in [-0.1, -0.05) is 0 Å². The van der Waals surface area contributed by atoms with Crippen molar-refractivity contribution in [1.29, 1.82) is 0 Å². The lowest BCUT2D eigenvalue weighted by atomic mass is 9.88. The molecule has 0 aromatic heterocycles. The number of nitrogens with zero attached hydrogens (tertiary/aromatic N) is 1. The van der Waals surface area contributed by atoms with Crippen LogP contribution < -0.4 is 5.73 Å². The van der Waals surface area contributed by atoms with Crippen molar-refractivity contribution in [3.63, 3.8) is 0 Å². The Morgan fingerprint density at radius 2 is 2.25 bits per heavy atom. The van der Waals surface area contributed by atoms with E-state index in [4.69, 9.17) is 15.2 Å². The van der Waals surface area contributed by atoms with E-state index in [1.165, 1.54) is 0 Å². The first-order valence-electron chi connectivity index (χ1n) is 6.34. The van der Waals surface area contributed by atoms with Crippen LogP contribution in [0.15, 0.2) is 0 Å². The monoisotopic (exact) mass is 228 g/mol. The van der Waals surface area contributed by atoms with Crippen LogP contribution in [0, 0.1) is 0 Å². The molecule has 0 bridgehead atoms. The van der Waals surface area contributed by atoms with E-state index < -0.39 is 0 Å². The van der Waals surface area contributed by atoms with Gasteiger partial charge in [0.2, 0.25) is 0 Å². The molecule has 0 aromatic rings. The van der Waals surface area contributed by atoms with E-state index in [0.29, 0.717) is 18.7 Å². The van der Waals surface area contributed by atoms with E-state index >= 15 is 0 Å². The maximum Gasteiger partial charge on any atom is 0.0675 e. The summed E-state index contributed by atoms with van der Waals surface area (Å²) in [7, 11) is 0. The van der Waals surface area contributed by atoms with E-state index in [1.54, 1.807) is 0 Å². The Kier molecular flexibility index (Phi) is 3.85. The molecule has 0 amide bonds. The molecule has 2 saturated heterocycles. The number of nitrogens with two attached hydrogens (primary N) is 1. The van der Waals surface area contributed by atoms with Gasteiger partial charge in [-0.15, -0.1) is 0 Å². The highest BCUT2D eigenvalue weighted by molar-refractivity contribution is 4.97. The van der Waals surface area contributed by atoms with Crippen LogP contribution in [-0.4, -0.2) is 55.5 Å². The predicted molar refractivity (Wildman–Crippen MR) is 63.4 cm³/mol. The number of hydrogen-bond donors (Lipinski definition) is 1. The molecule has 2 aliphatic heterocycles. The van der Waals surface area contributed by atoms with Gasteiger partial charge in [0.15, 0.2) is 0 Å². The average Bonchev–Trinajstić information content (AvgIpc) is 2.33. The molecule has 3 unspecified atom stereocenters. The lowest BCUT2D eigenvalue weighted by Crippen LogP contribution is -2.65. The SMILES string of the molecule is CC1CN(C2(CN)CCCOC2)C(C)CO1. The fourth-order valence-electron chi connectivity index (χ4n) is 2.91. The van der Waals surface area contributed by atoms with Gasteiger partial charge in [-0.05, 0) is 26.7 Å². The van der Waals surface area contributed by atoms with E-state index in [0.717, 1.165) is 39.2 Å². The van der Waals surface area contributed by atoms with Crippen molar-refractivity contribution in [2.75, 3.05) is 32.9 Å². The summed E-state index contributed by atoms with van der Waals surface area (Å²) >= 11 is 0. The molecular weight excluding hydrogens is 204 g/mol. The van der Waals surface area contributed by atoms with E-state index in [9.17, 15) is 0 Å². The zero-order valence-corrected chi connectivity index (χ0v) is 10.4. The summed E-state index contributed by atoms with van der Waals surface area (Å²) in [6, 6.07) is 0.446. The number of rotatable bonds is 2. The fraction of sp³-hybridized carbons (Fsp3) is 1.00. The highest BCUT2D eigenvalue weighted by atomic mass is 16.5. The van der Waals surface area contributed by atoms with Crippen molar-refractivity contribution in [2.24, 2.45) is 5.73 Å². The van der Waals surface area contributed by atoms with Gasteiger partial charge in [-0.25, -0.2) is 0 Å². The second-order valence-electron chi connectivity index (χ2n) is 5.23. The Bertz CT molecular complexity index is 229. The molecule has 2 rings (SSSR count). The normalized spacial score (nSPS) is 42.2. The Balaban J connectivity index is 2.11. The van der Waals surface area contributed by atoms with Crippen LogP contribution in [-0.2, 0) is 9.47 Å². The molecule has 4 nitrogen and oxygen atoms in total. The molecule has 2 fully saturated rings. The highest BCUT2D eigenvalue weighted by Crippen LogP contribution is 2.29. The smallest absolute Gasteiger partial charge is 0.0675 e. The number of ether oxygens (including phenoxy) is 2. The molecule has 2 aliphatic rings. The second-order valence-corrected chi connectivity index (χ2v) is 5.23. The van der Waals surface area contributed by atoms with Crippen molar-refractivity contribution in [3.8, 4) is 0 Å². The Morgan fingerprint density at radius 3 is 2.88 bits per heavy atom. The first-order valence-corrected chi connectivity index (χ1v) is 6.34. The Labute approximate surface area is 98.1 Å². The van der Waals surface area contributed by atoms with Gasteiger partial charge in [0.25, 0.3) is 0 Å². The third-order valence-corrected chi connectivity index (χ3v) is 3.90. The molecule has 0 aliphatic carbocycles. The zero-order valence-electron chi connectivity index (χ0n) is 10.4. The van der Waals surface area contributed by atoms with Gasteiger partial charge < -0.3 is 15.2 Å². The molecule has 2 heterocycles. The minimum atomic E-state index is 0.0513. The van der Waals surface area contributed by atoms with Crippen LogP contribution in [0.4, 0.5) is 0 Å². The first-order chi connectivity index (χ1) is 7.68. The van der Waals surface area contributed by atoms with Gasteiger partial charge in [-0.2, -0.15) is 0 Å². The number of hydrogen-bond acceptors (Lipinski definition) is 4. The molecule has 16 heavy (non-hydrogen) atoms. The van der Waals surface area contributed by atoms with Gasteiger partial charge >= 0.3 is 0 Å². The molecule has 2 N–H and O–H groups in total. The summed E-state index contributed by atoms with van der Waals surface area (Å²) in [5, 5.41) is 0. The standard InChI is InChI=1S/C12H24N2O2/c1-10-7-16-11(2)6-14(10)12(8-13)4-3-5-15-9-12/h10-11H,3-9,13H2,1-2H3. The summed E-state index contributed by atoms with van der Waals surface area (Å²) in [6.07, 6.45) is 2.58. The highest BCUT2D eigenvalue weighted by Gasteiger charge is 2.42. The van der Waals surface area contributed by atoms with Crippen LogP contribution in [0.2, 0.25) is 0 Å². The quantitative estimate of drug-likeness (QED) is 0.752. The van der Waals surface area contributed by atoms with Crippen LogP contribution in [0.25, 0.3) is 0 Å². The van der Waals surface area contributed by atoms with E-state index in [2.05, 4.69) is 18.7 Å². The van der Waals surface area contributed by atoms with Gasteiger partial charge in [0, 0.05) is 25.7 Å². The molecule has 3 atom stereocenters. The topological polar surface area (TPSA) is 47.7 Å². The Hall–Kier alpha value is -0.160. The lowest BCUT2D eigenvalue weighted by Gasteiger charge is -2.51. The average molecular weight is 228 g/mol. The van der Waals surface area contributed by atoms with Crippen molar-refractivity contribution < 1.29 is 9.47 Å². The van der Waals surface area contributed by atoms with E-state index in [-0.39, 0.29) is 5.54 Å². The summed E-state index contributed by atoms with van der Waals surface area (Å²) in [5.41, 5.74) is 6.07. The molecule has 4 heteroatoms. The first kappa shape index (κ1) is 12.3.